The van der Waals surface area contributed by atoms with Crippen molar-refractivity contribution in [1.29, 1.82) is 0 Å². The van der Waals surface area contributed by atoms with E-state index in [0.29, 0.717) is 11.4 Å². The Balaban J connectivity index is 2.52. The van der Waals surface area contributed by atoms with Gasteiger partial charge in [-0.2, -0.15) is 0 Å². The minimum Gasteiger partial charge on any atom is -0.490 e. The number of nitro groups is 1. The maximum atomic E-state index is 10.7. The van der Waals surface area contributed by atoms with E-state index in [2.05, 4.69) is 10.2 Å². The van der Waals surface area contributed by atoms with Crippen molar-refractivity contribution in [3.8, 4) is 17.1 Å². The molecule has 0 aliphatic carbocycles. The molecule has 0 fully saturated rings. The summed E-state index contributed by atoms with van der Waals surface area (Å²) in [6.45, 7) is 0. The molecular formula is C10H10N4O3. The van der Waals surface area contributed by atoms with Crippen molar-refractivity contribution in [1.82, 2.24) is 14.8 Å². The maximum absolute atomic E-state index is 10.7. The molecule has 2 aromatic rings. The number of nitro benzene ring substituents is 1. The molecule has 1 aromatic carbocycles. The van der Waals surface area contributed by atoms with Gasteiger partial charge in [0.25, 0.3) is 0 Å². The molecule has 0 aliphatic heterocycles. The number of hydrogen-bond donors (Lipinski definition) is 0. The van der Waals surface area contributed by atoms with Gasteiger partial charge < -0.3 is 9.30 Å². The lowest BCUT2D eigenvalue weighted by Crippen LogP contribution is -1.96. The Morgan fingerprint density at radius 1 is 1.47 bits per heavy atom. The number of aromatic nitrogens is 3. The van der Waals surface area contributed by atoms with Crippen LogP contribution >= 0.6 is 0 Å². The number of benzene rings is 1. The first-order valence-electron chi connectivity index (χ1n) is 4.80. The zero-order chi connectivity index (χ0) is 12.4. The Morgan fingerprint density at radius 2 is 2.24 bits per heavy atom. The minimum absolute atomic E-state index is 0.0709. The van der Waals surface area contributed by atoms with Gasteiger partial charge in [0.2, 0.25) is 0 Å². The van der Waals surface area contributed by atoms with E-state index in [1.54, 1.807) is 30.1 Å². The van der Waals surface area contributed by atoms with Crippen LogP contribution in [0.1, 0.15) is 0 Å². The van der Waals surface area contributed by atoms with Crippen molar-refractivity contribution in [3.05, 3.63) is 34.6 Å². The predicted molar refractivity (Wildman–Crippen MR) is 59.6 cm³/mol. The second kappa shape index (κ2) is 4.20. The highest BCUT2D eigenvalue weighted by molar-refractivity contribution is 5.63. The van der Waals surface area contributed by atoms with Gasteiger partial charge in [-0.15, -0.1) is 10.2 Å². The molecule has 0 atom stereocenters. The highest BCUT2D eigenvalue weighted by atomic mass is 16.6. The average Bonchev–Trinajstić information content (AvgIpc) is 2.74. The molecule has 2 rings (SSSR count). The van der Waals surface area contributed by atoms with Crippen LogP contribution < -0.4 is 4.74 Å². The molecule has 0 radical (unpaired) electrons. The third-order valence-electron chi connectivity index (χ3n) is 2.35. The largest absolute Gasteiger partial charge is 0.490 e. The molecule has 7 nitrogen and oxygen atoms in total. The summed E-state index contributed by atoms with van der Waals surface area (Å²) in [5.41, 5.74) is 0.644. The summed E-state index contributed by atoms with van der Waals surface area (Å²) in [5, 5.41) is 18.4. The van der Waals surface area contributed by atoms with Gasteiger partial charge >= 0.3 is 5.69 Å². The summed E-state index contributed by atoms with van der Waals surface area (Å²) in [6, 6.07) is 4.58. The van der Waals surface area contributed by atoms with E-state index < -0.39 is 4.92 Å². The summed E-state index contributed by atoms with van der Waals surface area (Å²) >= 11 is 0. The molecule has 17 heavy (non-hydrogen) atoms. The van der Waals surface area contributed by atoms with Crippen molar-refractivity contribution in [2.45, 2.75) is 0 Å². The topological polar surface area (TPSA) is 83.1 Å². The quantitative estimate of drug-likeness (QED) is 0.592. The fraction of sp³-hybridized carbons (Fsp3) is 0.200. The summed E-state index contributed by atoms with van der Waals surface area (Å²) in [5.74, 6) is 0.827. The number of hydrogen-bond acceptors (Lipinski definition) is 5. The SMILES string of the molecule is COc1cc(-c2nncn2C)ccc1[N+](=O)[O-]. The molecule has 0 amide bonds. The van der Waals surface area contributed by atoms with E-state index in [4.69, 9.17) is 4.74 Å². The van der Waals surface area contributed by atoms with Crippen molar-refractivity contribution in [2.24, 2.45) is 7.05 Å². The van der Waals surface area contributed by atoms with Gasteiger partial charge in [-0.1, -0.05) is 0 Å². The molecule has 88 valence electrons. The van der Waals surface area contributed by atoms with Gasteiger partial charge in [0.15, 0.2) is 11.6 Å². The Hall–Kier alpha value is -2.44. The first-order valence-corrected chi connectivity index (χ1v) is 4.80. The lowest BCUT2D eigenvalue weighted by molar-refractivity contribution is -0.385. The average molecular weight is 234 g/mol. The fourth-order valence-corrected chi connectivity index (χ4v) is 1.51. The van der Waals surface area contributed by atoms with E-state index in [1.807, 2.05) is 0 Å². The second-order valence-corrected chi connectivity index (χ2v) is 3.41. The number of ether oxygens (including phenoxy) is 1. The highest BCUT2D eigenvalue weighted by Crippen LogP contribution is 2.30. The molecule has 0 bridgehead atoms. The maximum Gasteiger partial charge on any atom is 0.310 e. The third kappa shape index (κ3) is 1.94. The van der Waals surface area contributed by atoms with Crippen molar-refractivity contribution >= 4 is 5.69 Å². The molecule has 0 saturated heterocycles. The van der Waals surface area contributed by atoms with Crippen LogP contribution in [0.25, 0.3) is 11.4 Å². The van der Waals surface area contributed by atoms with Crippen LogP contribution in [-0.4, -0.2) is 26.8 Å². The molecule has 0 saturated carbocycles. The Labute approximate surface area is 96.8 Å². The molecule has 0 spiro atoms. The van der Waals surface area contributed by atoms with E-state index in [1.165, 1.54) is 13.2 Å². The zero-order valence-corrected chi connectivity index (χ0v) is 9.32. The molecule has 0 aliphatic rings. The van der Waals surface area contributed by atoms with Gasteiger partial charge in [-0.3, -0.25) is 10.1 Å². The molecule has 0 N–H and O–H groups in total. The van der Waals surface area contributed by atoms with Gasteiger partial charge in [0, 0.05) is 18.7 Å². The van der Waals surface area contributed by atoms with Crippen LogP contribution in [0.5, 0.6) is 5.75 Å². The number of methoxy groups -OCH3 is 1. The first kappa shape index (κ1) is 11.1. The van der Waals surface area contributed by atoms with E-state index in [-0.39, 0.29) is 11.4 Å². The highest BCUT2D eigenvalue weighted by Gasteiger charge is 2.16. The minimum atomic E-state index is -0.487. The van der Waals surface area contributed by atoms with Crippen molar-refractivity contribution < 1.29 is 9.66 Å². The molecular weight excluding hydrogens is 224 g/mol. The molecule has 1 aromatic heterocycles. The first-order chi connectivity index (χ1) is 8.13. The van der Waals surface area contributed by atoms with Crippen LogP contribution in [0.4, 0.5) is 5.69 Å². The summed E-state index contributed by atoms with van der Waals surface area (Å²) in [4.78, 5) is 10.3. The van der Waals surface area contributed by atoms with Crippen molar-refractivity contribution in [2.75, 3.05) is 7.11 Å². The van der Waals surface area contributed by atoms with Crippen LogP contribution in [0, 0.1) is 10.1 Å². The summed E-state index contributed by atoms with van der Waals surface area (Å²) < 4.78 is 6.71. The molecule has 7 heteroatoms. The van der Waals surface area contributed by atoms with Gasteiger partial charge in [-0.25, -0.2) is 0 Å². The van der Waals surface area contributed by atoms with Gasteiger partial charge in [0.05, 0.1) is 12.0 Å². The normalized spacial score (nSPS) is 10.2. The second-order valence-electron chi connectivity index (χ2n) is 3.41. The number of aryl methyl sites for hydroxylation is 1. The molecule has 1 heterocycles. The predicted octanol–water partition coefficient (Wildman–Crippen LogP) is 1.40. The Morgan fingerprint density at radius 3 is 2.76 bits per heavy atom. The summed E-state index contributed by atoms with van der Waals surface area (Å²) in [7, 11) is 3.19. The van der Waals surface area contributed by atoms with Crippen molar-refractivity contribution in [3.63, 3.8) is 0 Å². The monoisotopic (exact) mass is 234 g/mol. The van der Waals surface area contributed by atoms with Crippen LogP contribution in [0.15, 0.2) is 24.5 Å². The van der Waals surface area contributed by atoms with Gasteiger partial charge in [-0.05, 0) is 12.1 Å². The lowest BCUT2D eigenvalue weighted by atomic mass is 10.2. The number of rotatable bonds is 3. The Bertz CT molecular complexity index is 564. The smallest absolute Gasteiger partial charge is 0.310 e. The van der Waals surface area contributed by atoms with E-state index >= 15 is 0 Å². The zero-order valence-electron chi connectivity index (χ0n) is 9.32. The van der Waals surface area contributed by atoms with E-state index in [0.717, 1.165) is 0 Å². The third-order valence-corrected chi connectivity index (χ3v) is 2.35. The Kier molecular flexibility index (Phi) is 2.73. The standard InChI is InChI=1S/C10H10N4O3/c1-13-6-11-12-10(13)7-3-4-8(14(15)16)9(5-7)17-2/h3-6H,1-2H3. The fourth-order valence-electron chi connectivity index (χ4n) is 1.51. The lowest BCUT2D eigenvalue weighted by Gasteiger charge is -2.04. The summed E-state index contributed by atoms with van der Waals surface area (Å²) in [6.07, 6.45) is 1.56. The molecule has 0 unspecified atom stereocenters. The van der Waals surface area contributed by atoms with Crippen LogP contribution in [-0.2, 0) is 7.05 Å². The van der Waals surface area contributed by atoms with E-state index in [9.17, 15) is 10.1 Å². The number of nitrogens with zero attached hydrogens (tertiary/aromatic N) is 4. The van der Waals surface area contributed by atoms with Crippen LogP contribution in [0.2, 0.25) is 0 Å². The van der Waals surface area contributed by atoms with Crippen LogP contribution in [0.3, 0.4) is 0 Å². The van der Waals surface area contributed by atoms with Gasteiger partial charge in [0.1, 0.15) is 6.33 Å².